The van der Waals surface area contributed by atoms with Crippen LogP contribution in [0.25, 0.3) is 11.6 Å². The lowest BCUT2D eigenvalue weighted by Crippen LogP contribution is -2.39. The monoisotopic (exact) mass is 589 g/mol. The van der Waals surface area contributed by atoms with Crippen molar-refractivity contribution >= 4 is 23.3 Å². The van der Waals surface area contributed by atoms with Crippen molar-refractivity contribution < 1.29 is 19.4 Å². The summed E-state index contributed by atoms with van der Waals surface area (Å²) in [5.41, 5.74) is 7.87. The number of carbonyl (C=O) groups is 1. The lowest BCUT2D eigenvalue weighted by Gasteiger charge is -2.45. The number of fused-ring (bicyclic) bond motifs is 4. The van der Waals surface area contributed by atoms with Gasteiger partial charge in [-0.3, -0.25) is 0 Å². The number of carboxylic acids is 1. The minimum atomic E-state index is -0.943. The molecule has 0 saturated heterocycles. The molecule has 5 nitrogen and oxygen atoms in total. The van der Waals surface area contributed by atoms with E-state index in [0.29, 0.717) is 11.5 Å². The largest absolute Gasteiger partial charge is 0.481 e. The minimum absolute atomic E-state index is 0.282. The molecule has 0 radical (unpaired) electrons. The Balaban J connectivity index is 1.54. The van der Waals surface area contributed by atoms with Crippen molar-refractivity contribution in [2.24, 2.45) is 11.3 Å². The second kappa shape index (κ2) is 11.7. The Labute approximate surface area is 261 Å². The average Bonchev–Trinajstić information content (AvgIpc) is 3.02. The van der Waals surface area contributed by atoms with Gasteiger partial charge in [0.25, 0.3) is 0 Å². The standard InChI is InChI=1S/C39H43NO4/c1-7-24(8-2)19-25-15-16-26-21-31-34(43-32(26)20-25)23-35-37(39(31,5)6)36(28-13-11-12-14-29(28)38(41)42)30-18-17-27(22-33(30)44-35)40(9-3)10-4/h11-18,20-24,35H,7-10,19H2,1-6H3,(H,41,42). The molecule has 0 aromatic heterocycles. The lowest BCUT2D eigenvalue weighted by atomic mass is 9.65. The van der Waals surface area contributed by atoms with E-state index in [1.165, 1.54) is 5.56 Å². The second-order valence-electron chi connectivity index (χ2n) is 12.6. The number of aromatic carboxylic acids is 1. The first-order valence-electron chi connectivity index (χ1n) is 16.1. The van der Waals surface area contributed by atoms with Crippen LogP contribution >= 0.6 is 0 Å². The van der Waals surface area contributed by atoms with Crippen molar-refractivity contribution in [2.45, 2.75) is 66.9 Å². The molecule has 0 spiro atoms. The maximum atomic E-state index is 12.5. The van der Waals surface area contributed by atoms with Gasteiger partial charge in [-0.1, -0.05) is 70.9 Å². The predicted molar refractivity (Wildman–Crippen MR) is 179 cm³/mol. The summed E-state index contributed by atoms with van der Waals surface area (Å²) in [6.45, 7) is 15.0. The highest BCUT2D eigenvalue weighted by molar-refractivity contribution is 6.00. The third kappa shape index (κ3) is 5.02. The molecule has 2 heterocycles. The van der Waals surface area contributed by atoms with Gasteiger partial charge in [0.15, 0.2) is 0 Å². The first-order valence-corrected chi connectivity index (χ1v) is 16.1. The summed E-state index contributed by atoms with van der Waals surface area (Å²) >= 11 is 0. The summed E-state index contributed by atoms with van der Waals surface area (Å²) < 4.78 is 13.5. The summed E-state index contributed by atoms with van der Waals surface area (Å²) in [5, 5.41) is 10.3. The molecule has 3 aliphatic rings. The van der Waals surface area contributed by atoms with Gasteiger partial charge in [-0.15, -0.1) is 0 Å². The minimum Gasteiger partial charge on any atom is -0.481 e. The summed E-state index contributed by atoms with van der Waals surface area (Å²) in [7, 11) is 0. The molecule has 3 aromatic carbocycles. The highest BCUT2D eigenvalue weighted by Crippen LogP contribution is 2.56. The molecule has 3 aromatic rings. The van der Waals surface area contributed by atoms with Crippen molar-refractivity contribution in [3.63, 3.8) is 0 Å². The van der Waals surface area contributed by atoms with Crippen molar-refractivity contribution in [1.82, 2.24) is 0 Å². The van der Waals surface area contributed by atoms with Gasteiger partial charge in [0.2, 0.25) is 0 Å². The van der Waals surface area contributed by atoms with Crippen LogP contribution in [0, 0.1) is 11.3 Å². The highest BCUT2D eigenvalue weighted by Gasteiger charge is 2.46. The van der Waals surface area contributed by atoms with E-state index in [9.17, 15) is 9.90 Å². The summed E-state index contributed by atoms with van der Waals surface area (Å²) in [4.78, 5) is 14.8. The topological polar surface area (TPSA) is 59.0 Å². The normalized spacial score (nSPS) is 17.8. The highest BCUT2D eigenvalue weighted by atomic mass is 16.5. The number of ether oxygens (including phenoxy) is 2. The molecule has 0 bridgehead atoms. The van der Waals surface area contributed by atoms with Crippen LogP contribution in [0.3, 0.4) is 0 Å². The van der Waals surface area contributed by atoms with Crippen molar-refractivity contribution in [3.8, 4) is 11.5 Å². The van der Waals surface area contributed by atoms with Crippen LogP contribution in [-0.4, -0.2) is 30.3 Å². The number of hydrogen-bond acceptors (Lipinski definition) is 4. The smallest absolute Gasteiger partial charge is 0.336 e. The van der Waals surface area contributed by atoms with E-state index >= 15 is 0 Å². The van der Waals surface area contributed by atoms with E-state index in [4.69, 9.17) is 9.47 Å². The van der Waals surface area contributed by atoms with Gasteiger partial charge >= 0.3 is 5.97 Å². The lowest BCUT2D eigenvalue weighted by molar-refractivity contribution is 0.0696. The molecule has 2 aliphatic heterocycles. The summed E-state index contributed by atoms with van der Waals surface area (Å²) in [5.74, 6) is 2.16. The van der Waals surface area contributed by atoms with Crippen molar-refractivity contribution in [2.75, 3.05) is 18.0 Å². The zero-order chi connectivity index (χ0) is 31.2. The SMILES string of the molecule is CCC(CC)Cc1ccc2c(c1)OC1=CC3Oc4cc(N(CC)CC)ccc4C(c4ccccc4C(=O)O)=C3C(C)(C)C1=C2. The third-order valence-electron chi connectivity index (χ3n) is 9.79. The maximum Gasteiger partial charge on any atom is 0.336 e. The molecular weight excluding hydrogens is 546 g/mol. The van der Waals surface area contributed by atoms with Crippen LogP contribution in [0.15, 0.2) is 83.6 Å². The van der Waals surface area contributed by atoms with Crippen LogP contribution in [0.4, 0.5) is 5.69 Å². The second-order valence-corrected chi connectivity index (χ2v) is 12.6. The van der Waals surface area contributed by atoms with E-state index < -0.39 is 17.5 Å². The molecular formula is C39H43NO4. The Morgan fingerprint density at radius 2 is 1.68 bits per heavy atom. The zero-order valence-corrected chi connectivity index (χ0v) is 26.7. The number of carboxylic acid groups (broad SMARTS) is 1. The quantitative estimate of drug-likeness (QED) is 0.270. The molecule has 1 N–H and O–H groups in total. The molecule has 1 unspecified atom stereocenters. The summed E-state index contributed by atoms with van der Waals surface area (Å²) in [6, 6.07) is 20.2. The first kappa shape index (κ1) is 29.8. The zero-order valence-electron chi connectivity index (χ0n) is 26.7. The fourth-order valence-corrected chi connectivity index (χ4v) is 7.17. The number of allylic oxidation sites excluding steroid dienone is 1. The van der Waals surface area contributed by atoms with Gasteiger partial charge in [0, 0.05) is 53.0 Å². The van der Waals surface area contributed by atoms with Gasteiger partial charge in [0.05, 0.1) is 5.56 Å². The van der Waals surface area contributed by atoms with Crippen molar-refractivity contribution in [3.05, 3.63) is 111 Å². The third-order valence-corrected chi connectivity index (χ3v) is 9.79. The Morgan fingerprint density at radius 3 is 2.39 bits per heavy atom. The molecule has 0 amide bonds. The van der Waals surface area contributed by atoms with E-state index in [0.717, 1.165) is 83.1 Å². The van der Waals surface area contributed by atoms with E-state index in [-0.39, 0.29) is 5.56 Å². The predicted octanol–water partition coefficient (Wildman–Crippen LogP) is 9.17. The fraction of sp³-hybridized carbons (Fsp3) is 0.359. The first-order chi connectivity index (χ1) is 21.2. The van der Waals surface area contributed by atoms with Crippen LogP contribution in [0.2, 0.25) is 0 Å². The van der Waals surface area contributed by atoms with Crippen LogP contribution < -0.4 is 14.4 Å². The molecule has 5 heteroatoms. The van der Waals surface area contributed by atoms with Crippen molar-refractivity contribution in [1.29, 1.82) is 0 Å². The Bertz CT molecular complexity index is 1700. The molecule has 44 heavy (non-hydrogen) atoms. The molecule has 1 atom stereocenters. The average molecular weight is 590 g/mol. The Hall–Kier alpha value is -4.25. The van der Waals surface area contributed by atoms with Gasteiger partial charge < -0.3 is 19.5 Å². The van der Waals surface area contributed by atoms with Gasteiger partial charge in [0.1, 0.15) is 23.4 Å². The van der Waals surface area contributed by atoms with Gasteiger partial charge in [-0.05, 0) is 78.8 Å². The fourth-order valence-electron chi connectivity index (χ4n) is 7.17. The van der Waals surface area contributed by atoms with Gasteiger partial charge in [-0.25, -0.2) is 4.79 Å². The number of nitrogens with zero attached hydrogens (tertiary/aromatic N) is 1. The van der Waals surface area contributed by atoms with E-state index in [1.807, 2.05) is 12.1 Å². The maximum absolute atomic E-state index is 12.5. The van der Waals surface area contributed by atoms with Crippen LogP contribution in [0.1, 0.15) is 87.0 Å². The number of anilines is 1. The molecule has 6 rings (SSSR count). The van der Waals surface area contributed by atoms with E-state index in [1.54, 1.807) is 12.1 Å². The molecule has 0 fully saturated rings. The van der Waals surface area contributed by atoms with E-state index in [2.05, 4.69) is 95.0 Å². The summed E-state index contributed by atoms with van der Waals surface area (Å²) in [6.07, 6.45) is 7.28. The number of rotatable bonds is 9. The van der Waals surface area contributed by atoms with Crippen LogP contribution in [0.5, 0.6) is 11.5 Å². The Morgan fingerprint density at radius 1 is 0.932 bits per heavy atom. The van der Waals surface area contributed by atoms with Crippen LogP contribution in [-0.2, 0) is 6.42 Å². The molecule has 1 aliphatic carbocycles. The number of benzene rings is 3. The van der Waals surface area contributed by atoms with Gasteiger partial charge in [-0.2, -0.15) is 0 Å². The molecule has 228 valence electrons. The Kier molecular flexibility index (Phi) is 7.91. The molecule has 0 saturated carbocycles. The number of hydrogen-bond donors (Lipinski definition) is 1.